The smallest absolute Gasteiger partial charge is 0.123 e. The highest BCUT2D eigenvalue weighted by Gasteiger charge is 2.01. The summed E-state index contributed by atoms with van der Waals surface area (Å²) in [7, 11) is 0. The number of benzene rings is 1. The summed E-state index contributed by atoms with van der Waals surface area (Å²) in [5, 5.41) is 9.06. The SMILES string of the molecule is N#C/C(=C\c1ccc(F)cc1)c1ccccn1. The Morgan fingerprint density at radius 2 is 1.94 bits per heavy atom. The molecule has 1 aromatic carbocycles. The molecule has 0 bridgehead atoms. The fourth-order valence-corrected chi connectivity index (χ4v) is 1.41. The lowest BCUT2D eigenvalue weighted by Crippen LogP contribution is -1.85. The van der Waals surface area contributed by atoms with Crippen LogP contribution in [0.2, 0.25) is 0 Å². The van der Waals surface area contributed by atoms with Gasteiger partial charge in [-0.2, -0.15) is 5.26 Å². The normalized spacial score (nSPS) is 10.9. The van der Waals surface area contributed by atoms with E-state index < -0.39 is 0 Å². The van der Waals surface area contributed by atoms with E-state index in [0.29, 0.717) is 11.3 Å². The molecule has 3 heteroatoms. The van der Waals surface area contributed by atoms with Crippen LogP contribution in [0.4, 0.5) is 4.39 Å². The van der Waals surface area contributed by atoms with Crippen molar-refractivity contribution in [2.24, 2.45) is 0 Å². The maximum atomic E-state index is 12.7. The summed E-state index contributed by atoms with van der Waals surface area (Å²) < 4.78 is 12.7. The summed E-state index contributed by atoms with van der Waals surface area (Å²) >= 11 is 0. The molecule has 0 aliphatic heterocycles. The second-order valence-corrected chi connectivity index (χ2v) is 3.44. The third-order valence-corrected chi connectivity index (χ3v) is 2.24. The molecule has 0 saturated heterocycles. The maximum Gasteiger partial charge on any atom is 0.123 e. The number of hydrogen-bond donors (Lipinski definition) is 0. The first-order chi connectivity index (χ1) is 8.29. The molecule has 0 amide bonds. The molecule has 1 aromatic heterocycles. The third kappa shape index (κ3) is 2.76. The number of pyridine rings is 1. The first-order valence-electron chi connectivity index (χ1n) is 5.08. The summed E-state index contributed by atoms with van der Waals surface area (Å²) in [6.07, 6.45) is 3.31. The van der Waals surface area contributed by atoms with Crippen LogP contribution in [-0.4, -0.2) is 4.98 Å². The largest absolute Gasteiger partial charge is 0.256 e. The highest BCUT2D eigenvalue weighted by molar-refractivity contribution is 5.88. The Morgan fingerprint density at radius 1 is 1.18 bits per heavy atom. The minimum absolute atomic E-state index is 0.293. The van der Waals surface area contributed by atoms with Crippen LogP contribution < -0.4 is 0 Å². The van der Waals surface area contributed by atoms with Crippen LogP contribution >= 0.6 is 0 Å². The monoisotopic (exact) mass is 224 g/mol. The lowest BCUT2D eigenvalue weighted by Gasteiger charge is -1.98. The van der Waals surface area contributed by atoms with Crippen LogP contribution in [0.1, 0.15) is 11.3 Å². The number of rotatable bonds is 2. The maximum absolute atomic E-state index is 12.7. The standard InChI is InChI=1S/C14H9FN2/c15-13-6-4-11(5-7-13)9-12(10-16)14-3-1-2-8-17-14/h1-9H/b12-9+. The van der Waals surface area contributed by atoms with Gasteiger partial charge in [0.1, 0.15) is 11.9 Å². The van der Waals surface area contributed by atoms with Gasteiger partial charge in [0.25, 0.3) is 0 Å². The highest BCUT2D eigenvalue weighted by atomic mass is 19.1. The molecule has 0 atom stereocenters. The van der Waals surface area contributed by atoms with E-state index >= 15 is 0 Å². The van der Waals surface area contributed by atoms with E-state index in [1.807, 2.05) is 6.07 Å². The molecule has 0 saturated carbocycles. The zero-order valence-electron chi connectivity index (χ0n) is 8.97. The molecular weight excluding hydrogens is 215 g/mol. The topological polar surface area (TPSA) is 36.7 Å². The zero-order chi connectivity index (χ0) is 12.1. The van der Waals surface area contributed by atoms with E-state index in [1.165, 1.54) is 12.1 Å². The van der Waals surface area contributed by atoms with Gasteiger partial charge in [-0.1, -0.05) is 18.2 Å². The van der Waals surface area contributed by atoms with Crippen LogP contribution in [0.5, 0.6) is 0 Å². The number of aromatic nitrogens is 1. The van der Waals surface area contributed by atoms with Crippen LogP contribution in [0.3, 0.4) is 0 Å². The molecule has 0 N–H and O–H groups in total. The van der Waals surface area contributed by atoms with Crippen molar-refractivity contribution in [3.63, 3.8) is 0 Å². The van der Waals surface area contributed by atoms with E-state index in [4.69, 9.17) is 5.26 Å². The minimum Gasteiger partial charge on any atom is -0.256 e. The molecule has 1 heterocycles. The molecule has 0 unspecified atom stereocenters. The van der Waals surface area contributed by atoms with E-state index in [9.17, 15) is 4.39 Å². The van der Waals surface area contributed by atoms with Crippen molar-refractivity contribution in [2.45, 2.75) is 0 Å². The van der Waals surface area contributed by atoms with Crippen molar-refractivity contribution in [1.82, 2.24) is 4.98 Å². The van der Waals surface area contributed by atoms with Crippen LogP contribution in [0, 0.1) is 17.1 Å². The van der Waals surface area contributed by atoms with Gasteiger partial charge in [0.15, 0.2) is 0 Å². The molecule has 0 radical (unpaired) electrons. The van der Waals surface area contributed by atoms with Gasteiger partial charge >= 0.3 is 0 Å². The van der Waals surface area contributed by atoms with Gasteiger partial charge in [-0.15, -0.1) is 0 Å². The zero-order valence-corrected chi connectivity index (χ0v) is 8.97. The van der Waals surface area contributed by atoms with Crippen LogP contribution in [0.15, 0.2) is 48.7 Å². The summed E-state index contributed by atoms with van der Waals surface area (Å²) in [6, 6.07) is 13.4. The lowest BCUT2D eigenvalue weighted by molar-refractivity contribution is 0.628. The molecule has 2 rings (SSSR count). The van der Waals surface area contributed by atoms with Gasteiger partial charge in [-0.3, -0.25) is 4.98 Å². The number of allylic oxidation sites excluding steroid dienone is 1. The predicted octanol–water partition coefficient (Wildman–Crippen LogP) is 3.28. The van der Waals surface area contributed by atoms with Crippen LogP contribution in [0.25, 0.3) is 11.6 Å². The van der Waals surface area contributed by atoms with Crippen molar-refractivity contribution in [3.05, 3.63) is 65.7 Å². The Balaban J connectivity index is 2.37. The Kier molecular flexibility index (Phi) is 3.27. The van der Waals surface area contributed by atoms with Gasteiger partial charge in [-0.25, -0.2) is 4.39 Å². The summed E-state index contributed by atoms with van der Waals surface area (Å²) in [5.74, 6) is -0.293. The van der Waals surface area contributed by atoms with Crippen LogP contribution in [-0.2, 0) is 0 Å². The highest BCUT2D eigenvalue weighted by Crippen LogP contribution is 2.15. The molecular formula is C14H9FN2. The van der Waals surface area contributed by atoms with E-state index in [1.54, 1.807) is 36.5 Å². The Hall–Kier alpha value is -2.47. The quantitative estimate of drug-likeness (QED) is 0.734. The summed E-state index contributed by atoms with van der Waals surface area (Å²) in [5.41, 5.74) is 1.84. The fraction of sp³-hybridized carbons (Fsp3) is 0. The molecule has 17 heavy (non-hydrogen) atoms. The first kappa shape index (κ1) is 11.0. The first-order valence-corrected chi connectivity index (χ1v) is 5.08. The van der Waals surface area contributed by atoms with Crippen molar-refractivity contribution in [1.29, 1.82) is 5.26 Å². The average molecular weight is 224 g/mol. The molecule has 82 valence electrons. The van der Waals surface area contributed by atoms with Gasteiger partial charge in [0.2, 0.25) is 0 Å². The van der Waals surface area contributed by atoms with Gasteiger partial charge in [0, 0.05) is 6.20 Å². The molecule has 0 aliphatic carbocycles. The molecule has 0 aliphatic rings. The van der Waals surface area contributed by atoms with Crippen molar-refractivity contribution >= 4 is 11.6 Å². The van der Waals surface area contributed by atoms with Gasteiger partial charge in [-0.05, 0) is 35.9 Å². The van der Waals surface area contributed by atoms with Gasteiger partial charge < -0.3 is 0 Å². The second-order valence-electron chi connectivity index (χ2n) is 3.44. The third-order valence-electron chi connectivity index (χ3n) is 2.24. The number of nitriles is 1. The summed E-state index contributed by atoms with van der Waals surface area (Å²) in [4.78, 5) is 4.10. The lowest BCUT2D eigenvalue weighted by atomic mass is 10.1. The van der Waals surface area contributed by atoms with Crippen molar-refractivity contribution in [3.8, 4) is 6.07 Å². The summed E-state index contributed by atoms with van der Waals surface area (Å²) in [6.45, 7) is 0. The fourth-order valence-electron chi connectivity index (χ4n) is 1.41. The van der Waals surface area contributed by atoms with E-state index in [-0.39, 0.29) is 5.82 Å². The molecule has 2 nitrogen and oxygen atoms in total. The Bertz CT molecular complexity index is 565. The molecule has 0 fully saturated rings. The van der Waals surface area contributed by atoms with Crippen molar-refractivity contribution < 1.29 is 4.39 Å². The number of hydrogen-bond acceptors (Lipinski definition) is 2. The Morgan fingerprint density at radius 3 is 2.53 bits per heavy atom. The van der Waals surface area contributed by atoms with Crippen molar-refractivity contribution in [2.75, 3.05) is 0 Å². The van der Waals surface area contributed by atoms with E-state index in [2.05, 4.69) is 11.1 Å². The number of nitrogens with zero attached hydrogens (tertiary/aromatic N) is 2. The van der Waals surface area contributed by atoms with E-state index in [0.717, 1.165) is 5.56 Å². The average Bonchev–Trinajstić information content (AvgIpc) is 2.39. The number of halogens is 1. The second kappa shape index (κ2) is 5.04. The van der Waals surface area contributed by atoms with Gasteiger partial charge in [0.05, 0.1) is 11.3 Å². The molecule has 0 spiro atoms. The molecule has 2 aromatic rings. The predicted molar refractivity (Wildman–Crippen MR) is 64.1 cm³/mol. The minimum atomic E-state index is -0.293. The Labute approximate surface area is 98.7 Å².